The SMILES string of the molecule is CSc1nc2ccc(NC(=O)c3ccc(F)cc3F)cc2s1. The van der Waals surface area contributed by atoms with E-state index < -0.39 is 17.5 Å². The van der Waals surface area contributed by atoms with E-state index in [4.69, 9.17) is 0 Å². The first-order chi connectivity index (χ1) is 10.6. The Bertz CT molecular complexity index is 864. The van der Waals surface area contributed by atoms with E-state index in [1.54, 1.807) is 30.0 Å². The second-order valence-corrected chi connectivity index (χ2v) is 6.53. The predicted molar refractivity (Wildman–Crippen MR) is 85.7 cm³/mol. The van der Waals surface area contributed by atoms with Gasteiger partial charge in [0.2, 0.25) is 0 Å². The lowest BCUT2D eigenvalue weighted by molar-refractivity contribution is 0.102. The summed E-state index contributed by atoms with van der Waals surface area (Å²) in [7, 11) is 0. The minimum atomic E-state index is -0.888. The van der Waals surface area contributed by atoms with E-state index in [9.17, 15) is 13.6 Å². The monoisotopic (exact) mass is 336 g/mol. The van der Waals surface area contributed by atoms with E-state index >= 15 is 0 Å². The molecule has 0 bridgehead atoms. The molecule has 3 aromatic rings. The van der Waals surface area contributed by atoms with Crippen LogP contribution in [0.5, 0.6) is 0 Å². The molecule has 1 N–H and O–H groups in total. The number of benzene rings is 2. The molecule has 0 saturated carbocycles. The minimum Gasteiger partial charge on any atom is -0.322 e. The van der Waals surface area contributed by atoms with Crippen molar-refractivity contribution in [2.45, 2.75) is 4.34 Å². The number of amides is 1. The summed E-state index contributed by atoms with van der Waals surface area (Å²) in [5.74, 6) is -2.22. The van der Waals surface area contributed by atoms with Crippen LogP contribution in [0.3, 0.4) is 0 Å². The number of nitrogens with zero attached hydrogens (tertiary/aromatic N) is 1. The van der Waals surface area contributed by atoms with Gasteiger partial charge in [0.15, 0.2) is 4.34 Å². The molecule has 3 nitrogen and oxygen atoms in total. The van der Waals surface area contributed by atoms with E-state index in [0.29, 0.717) is 11.8 Å². The first-order valence-electron chi connectivity index (χ1n) is 6.28. The van der Waals surface area contributed by atoms with Gasteiger partial charge in [-0.3, -0.25) is 4.79 Å². The molecule has 0 unspecified atom stereocenters. The van der Waals surface area contributed by atoms with Gasteiger partial charge in [-0.1, -0.05) is 11.8 Å². The fraction of sp³-hybridized carbons (Fsp3) is 0.0667. The topological polar surface area (TPSA) is 42.0 Å². The molecular weight excluding hydrogens is 326 g/mol. The van der Waals surface area contributed by atoms with Gasteiger partial charge in [0, 0.05) is 11.8 Å². The van der Waals surface area contributed by atoms with Gasteiger partial charge in [-0.05, 0) is 36.6 Å². The van der Waals surface area contributed by atoms with Crippen LogP contribution in [0.15, 0.2) is 40.7 Å². The summed E-state index contributed by atoms with van der Waals surface area (Å²) in [6, 6.07) is 8.14. The fourth-order valence-corrected chi connectivity index (χ4v) is 3.47. The minimum absolute atomic E-state index is 0.199. The summed E-state index contributed by atoms with van der Waals surface area (Å²) < 4.78 is 28.3. The zero-order chi connectivity index (χ0) is 15.7. The van der Waals surface area contributed by atoms with Crippen molar-refractivity contribution in [1.29, 1.82) is 0 Å². The number of nitrogens with one attached hydrogen (secondary N) is 1. The number of rotatable bonds is 3. The highest BCUT2D eigenvalue weighted by atomic mass is 32.2. The molecule has 1 aromatic heterocycles. The van der Waals surface area contributed by atoms with Gasteiger partial charge in [0.25, 0.3) is 5.91 Å². The Morgan fingerprint density at radius 1 is 1.23 bits per heavy atom. The number of thiazole rings is 1. The zero-order valence-electron chi connectivity index (χ0n) is 11.4. The summed E-state index contributed by atoms with van der Waals surface area (Å²) in [6.07, 6.45) is 1.94. The molecule has 1 amide bonds. The Kier molecular flexibility index (Phi) is 4.08. The number of hydrogen-bond acceptors (Lipinski definition) is 4. The highest BCUT2D eigenvalue weighted by Gasteiger charge is 2.13. The van der Waals surface area contributed by atoms with Gasteiger partial charge in [0.1, 0.15) is 11.6 Å². The van der Waals surface area contributed by atoms with E-state index in [-0.39, 0.29) is 5.56 Å². The average molecular weight is 336 g/mol. The molecule has 0 spiro atoms. The van der Waals surface area contributed by atoms with Crippen molar-refractivity contribution in [3.8, 4) is 0 Å². The quantitative estimate of drug-likeness (QED) is 0.714. The standard InChI is InChI=1S/C15H10F2N2OS2/c1-21-15-19-12-5-3-9(7-13(12)22-15)18-14(20)10-4-2-8(16)6-11(10)17/h2-7H,1H3,(H,18,20). The van der Waals surface area contributed by atoms with Crippen molar-refractivity contribution in [3.63, 3.8) is 0 Å². The van der Waals surface area contributed by atoms with Crippen LogP contribution in [0.2, 0.25) is 0 Å². The summed E-state index contributed by atoms with van der Waals surface area (Å²) in [6.45, 7) is 0. The van der Waals surface area contributed by atoms with E-state index in [0.717, 1.165) is 26.7 Å². The molecule has 0 aliphatic rings. The number of carbonyl (C=O) groups excluding carboxylic acids is 1. The number of carbonyl (C=O) groups is 1. The molecule has 7 heteroatoms. The second-order valence-electron chi connectivity index (χ2n) is 4.44. The van der Waals surface area contributed by atoms with Gasteiger partial charge >= 0.3 is 0 Å². The van der Waals surface area contributed by atoms with Gasteiger partial charge in [0.05, 0.1) is 15.8 Å². The largest absolute Gasteiger partial charge is 0.322 e. The van der Waals surface area contributed by atoms with Gasteiger partial charge in [-0.15, -0.1) is 11.3 Å². The zero-order valence-corrected chi connectivity index (χ0v) is 13.0. The molecular formula is C15H10F2N2OS2. The van der Waals surface area contributed by atoms with Crippen molar-refractivity contribution in [1.82, 2.24) is 4.98 Å². The maximum absolute atomic E-state index is 13.6. The Hall–Kier alpha value is -1.99. The number of halogens is 2. The molecule has 0 radical (unpaired) electrons. The molecule has 112 valence electrons. The first kappa shape index (κ1) is 14.9. The lowest BCUT2D eigenvalue weighted by Gasteiger charge is -2.06. The van der Waals surface area contributed by atoms with Gasteiger partial charge in [-0.2, -0.15) is 0 Å². The molecule has 0 aliphatic heterocycles. The third-order valence-electron chi connectivity index (χ3n) is 2.98. The number of fused-ring (bicyclic) bond motifs is 1. The molecule has 0 aliphatic carbocycles. The van der Waals surface area contributed by atoms with Crippen LogP contribution in [-0.2, 0) is 0 Å². The summed E-state index contributed by atoms with van der Waals surface area (Å²) in [5, 5.41) is 2.61. The van der Waals surface area contributed by atoms with Gasteiger partial charge in [-0.25, -0.2) is 13.8 Å². The van der Waals surface area contributed by atoms with Crippen molar-refractivity contribution in [3.05, 3.63) is 53.6 Å². The van der Waals surface area contributed by atoms with Crippen LogP contribution < -0.4 is 5.32 Å². The first-order valence-corrected chi connectivity index (χ1v) is 8.32. The van der Waals surface area contributed by atoms with Crippen molar-refractivity contribution < 1.29 is 13.6 Å². The van der Waals surface area contributed by atoms with Gasteiger partial charge < -0.3 is 5.32 Å². The summed E-state index contributed by atoms with van der Waals surface area (Å²) in [5.41, 5.74) is 1.19. The molecule has 22 heavy (non-hydrogen) atoms. The smallest absolute Gasteiger partial charge is 0.258 e. The Morgan fingerprint density at radius 3 is 2.77 bits per heavy atom. The molecule has 0 saturated heterocycles. The molecule has 3 rings (SSSR count). The predicted octanol–water partition coefficient (Wildman–Crippen LogP) is 4.55. The van der Waals surface area contributed by atoms with Crippen LogP contribution in [-0.4, -0.2) is 17.1 Å². The number of anilines is 1. The second kappa shape index (κ2) is 6.02. The highest BCUT2D eigenvalue weighted by molar-refractivity contribution is 8.00. The Morgan fingerprint density at radius 2 is 2.05 bits per heavy atom. The Balaban J connectivity index is 1.87. The molecule has 1 heterocycles. The van der Waals surface area contributed by atoms with Crippen LogP contribution in [0.25, 0.3) is 10.2 Å². The lowest BCUT2D eigenvalue weighted by atomic mass is 10.2. The van der Waals surface area contributed by atoms with Crippen LogP contribution in [0, 0.1) is 11.6 Å². The van der Waals surface area contributed by atoms with Crippen LogP contribution in [0.1, 0.15) is 10.4 Å². The van der Waals surface area contributed by atoms with Crippen molar-refractivity contribution >= 4 is 44.9 Å². The van der Waals surface area contributed by atoms with Crippen LogP contribution in [0.4, 0.5) is 14.5 Å². The highest BCUT2D eigenvalue weighted by Crippen LogP contribution is 2.30. The summed E-state index contributed by atoms with van der Waals surface area (Å²) in [4.78, 5) is 16.5. The maximum atomic E-state index is 13.6. The number of hydrogen-bond donors (Lipinski definition) is 1. The lowest BCUT2D eigenvalue weighted by Crippen LogP contribution is -2.13. The maximum Gasteiger partial charge on any atom is 0.258 e. The van der Waals surface area contributed by atoms with Crippen LogP contribution >= 0.6 is 23.1 Å². The van der Waals surface area contributed by atoms with Crippen molar-refractivity contribution in [2.75, 3.05) is 11.6 Å². The fourth-order valence-electron chi connectivity index (χ4n) is 1.94. The normalized spacial score (nSPS) is 10.9. The van der Waals surface area contributed by atoms with Crippen molar-refractivity contribution in [2.24, 2.45) is 0 Å². The number of aromatic nitrogens is 1. The summed E-state index contributed by atoms with van der Waals surface area (Å²) >= 11 is 3.07. The van der Waals surface area contributed by atoms with E-state index in [2.05, 4.69) is 10.3 Å². The Labute approximate surface area is 133 Å². The average Bonchev–Trinajstić information content (AvgIpc) is 2.89. The molecule has 2 aromatic carbocycles. The van der Waals surface area contributed by atoms with E-state index in [1.165, 1.54) is 11.3 Å². The van der Waals surface area contributed by atoms with E-state index in [1.807, 2.05) is 6.26 Å². The number of thioether (sulfide) groups is 1. The molecule has 0 atom stereocenters. The third-order valence-corrected chi connectivity index (χ3v) is 4.98. The molecule has 0 fully saturated rings. The third kappa shape index (κ3) is 2.95.